The second kappa shape index (κ2) is 4.60. The number of para-hydroxylation sites is 1. The maximum atomic E-state index is 9.51. The Kier molecular flexibility index (Phi) is 2.99. The number of aromatic nitrogens is 3. The van der Waals surface area contributed by atoms with Crippen LogP contribution in [-0.4, -0.2) is 20.0 Å². The second-order valence-corrected chi connectivity index (χ2v) is 3.45. The van der Waals surface area contributed by atoms with E-state index in [9.17, 15) is 5.11 Å². The van der Waals surface area contributed by atoms with Crippen LogP contribution in [0.2, 0.25) is 0 Å². The lowest BCUT2D eigenvalue weighted by Crippen LogP contribution is -2.09. The number of nitrogens with two attached hydrogens (primary N) is 1. The molecule has 0 saturated heterocycles. The lowest BCUT2D eigenvalue weighted by Gasteiger charge is -1.98. The molecule has 7 heteroatoms. The Morgan fingerprint density at radius 3 is 2.76 bits per heavy atom. The van der Waals surface area contributed by atoms with E-state index in [4.69, 9.17) is 5.84 Å². The first-order chi connectivity index (χ1) is 8.18. The number of hydrogen-bond donors (Lipinski definition) is 2. The molecule has 0 atom stereocenters. The van der Waals surface area contributed by atoms with Gasteiger partial charge in [0.05, 0.1) is 6.54 Å². The quantitative estimate of drug-likeness (QED) is 0.614. The molecule has 1 aromatic carbocycles. The van der Waals surface area contributed by atoms with Crippen molar-refractivity contribution >= 4 is 5.95 Å². The molecule has 0 aliphatic rings. The minimum atomic E-state index is 0.192. The van der Waals surface area contributed by atoms with Gasteiger partial charge in [-0.15, -0.1) is 15.3 Å². The number of rotatable bonds is 3. The van der Waals surface area contributed by atoms with Gasteiger partial charge in [-0.05, 0) is 13.0 Å². The minimum absolute atomic E-state index is 0.192. The van der Waals surface area contributed by atoms with Crippen molar-refractivity contribution < 1.29 is 5.11 Å². The van der Waals surface area contributed by atoms with Crippen LogP contribution < -0.4 is 5.84 Å². The lowest BCUT2D eigenvalue weighted by molar-refractivity contribution is 0.468. The zero-order valence-corrected chi connectivity index (χ0v) is 9.28. The average molecular weight is 232 g/mol. The molecule has 1 aromatic heterocycles. The van der Waals surface area contributed by atoms with E-state index in [1.54, 1.807) is 25.1 Å². The zero-order valence-electron chi connectivity index (χ0n) is 9.28. The highest BCUT2D eigenvalue weighted by Crippen LogP contribution is 2.17. The van der Waals surface area contributed by atoms with Crippen LogP contribution in [0.5, 0.6) is 5.75 Å². The highest BCUT2D eigenvalue weighted by Gasteiger charge is 2.03. The summed E-state index contributed by atoms with van der Waals surface area (Å²) < 4.78 is 1.24. The van der Waals surface area contributed by atoms with Crippen LogP contribution in [0.4, 0.5) is 5.95 Å². The topological polar surface area (TPSA) is 102 Å². The van der Waals surface area contributed by atoms with Crippen molar-refractivity contribution in [2.24, 2.45) is 10.2 Å². The Morgan fingerprint density at radius 1 is 1.35 bits per heavy atom. The van der Waals surface area contributed by atoms with Gasteiger partial charge in [-0.3, -0.25) is 0 Å². The van der Waals surface area contributed by atoms with Crippen molar-refractivity contribution in [3.8, 4) is 5.75 Å². The number of phenolic OH excluding ortho intramolecular Hbond substituents is 1. The van der Waals surface area contributed by atoms with Crippen molar-refractivity contribution in [1.29, 1.82) is 0 Å². The fourth-order valence-corrected chi connectivity index (χ4v) is 1.25. The number of nitrogens with zero attached hydrogens (tertiary/aromatic N) is 5. The van der Waals surface area contributed by atoms with E-state index < -0.39 is 0 Å². The summed E-state index contributed by atoms with van der Waals surface area (Å²) in [5.74, 6) is 6.58. The molecule has 0 aliphatic carbocycles. The molecular weight excluding hydrogens is 220 g/mol. The van der Waals surface area contributed by atoms with E-state index in [2.05, 4.69) is 20.4 Å². The summed E-state index contributed by atoms with van der Waals surface area (Å²) >= 11 is 0. The third-order valence-electron chi connectivity index (χ3n) is 2.24. The van der Waals surface area contributed by atoms with Crippen LogP contribution in [0, 0.1) is 6.92 Å². The number of aromatic hydroxyl groups is 1. The van der Waals surface area contributed by atoms with Crippen molar-refractivity contribution in [2.75, 3.05) is 5.84 Å². The van der Waals surface area contributed by atoms with Gasteiger partial charge in [-0.1, -0.05) is 18.2 Å². The predicted molar refractivity (Wildman–Crippen MR) is 61.2 cm³/mol. The molecule has 0 unspecified atom stereocenters. The molecule has 17 heavy (non-hydrogen) atoms. The van der Waals surface area contributed by atoms with Gasteiger partial charge in [-0.25, -0.2) is 4.68 Å². The third-order valence-corrected chi connectivity index (χ3v) is 2.24. The molecule has 7 nitrogen and oxygen atoms in total. The van der Waals surface area contributed by atoms with Crippen molar-refractivity contribution in [3.05, 3.63) is 35.7 Å². The van der Waals surface area contributed by atoms with E-state index in [-0.39, 0.29) is 18.2 Å². The van der Waals surface area contributed by atoms with Gasteiger partial charge in [0.1, 0.15) is 5.75 Å². The summed E-state index contributed by atoms with van der Waals surface area (Å²) in [7, 11) is 0. The first-order valence-corrected chi connectivity index (χ1v) is 5.00. The van der Waals surface area contributed by atoms with Crippen LogP contribution in [0.25, 0.3) is 0 Å². The molecule has 0 saturated carbocycles. The van der Waals surface area contributed by atoms with Crippen molar-refractivity contribution in [3.63, 3.8) is 0 Å². The lowest BCUT2D eigenvalue weighted by atomic mass is 10.2. The third kappa shape index (κ3) is 2.39. The van der Waals surface area contributed by atoms with Gasteiger partial charge < -0.3 is 10.9 Å². The summed E-state index contributed by atoms with van der Waals surface area (Å²) in [4.78, 5) is 0. The Labute approximate surface area is 97.6 Å². The maximum absolute atomic E-state index is 9.51. The predicted octanol–water partition coefficient (Wildman–Crippen LogP) is 1.29. The first-order valence-electron chi connectivity index (χ1n) is 5.00. The second-order valence-electron chi connectivity index (χ2n) is 3.45. The Balaban J connectivity index is 2.08. The fraction of sp³-hybridized carbons (Fsp3) is 0.200. The average Bonchev–Trinajstić information content (AvgIpc) is 2.63. The van der Waals surface area contributed by atoms with Gasteiger partial charge in [0.25, 0.3) is 5.95 Å². The van der Waals surface area contributed by atoms with Crippen LogP contribution in [0.3, 0.4) is 0 Å². The molecule has 0 spiro atoms. The van der Waals surface area contributed by atoms with E-state index in [0.29, 0.717) is 11.4 Å². The number of benzene rings is 1. The highest BCUT2D eigenvalue weighted by atomic mass is 16.3. The smallest absolute Gasteiger partial charge is 0.287 e. The number of hydrogen-bond acceptors (Lipinski definition) is 6. The summed E-state index contributed by atoms with van der Waals surface area (Å²) in [6.07, 6.45) is 0. The monoisotopic (exact) mass is 232 g/mol. The molecule has 3 N–H and O–H groups in total. The molecule has 0 bridgehead atoms. The van der Waals surface area contributed by atoms with Crippen LogP contribution in [0.1, 0.15) is 11.4 Å². The SMILES string of the molecule is Cc1nnc(N=NCc2ccccc2O)n1N. The van der Waals surface area contributed by atoms with Crippen molar-refractivity contribution in [2.45, 2.75) is 13.5 Å². The Hall–Kier alpha value is -2.44. The molecular formula is C10H12N6O. The van der Waals surface area contributed by atoms with Gasteiger partial charge >= 0.3 is 0 Å². The standard InChI is InChI=1S/C10H12N6O/c1-7-13-15-10(16(7)11)14-12-6-8-4-2-3-5-9(8)17/h2-5,17H,6,11H2,1H3. The zero-order chi connectivity index (χ0) is 12.3. The van der Waals surface area contributed by atoms with Crippen LogP contribution in [0.15, 0.2) is 34.5 Å². The van der Waals surface area contributed by atoms with Crippen molar-refractivity contribution in [1.82, 2.24) is 14.9 Å². The number of azo groups is 1. The molecule has 2 rings (SSSR count). The summed E-state index contributed by atoms with van der Waals surface area (Å²) in [5, 5.41) is 24.7. The fourth-order valence-electron chi connectivity index (χ4n) is 1.25. The Morgan fingerprint density at radius 2 is 2.12 bits per heavy atom. The molecule has 2 aromatic rings. The highest BCUT2D eigenvalue weighted by molar-refractivity contribution is 5.31. The number of aryl methyl sites for hydroxylation is 1. The summed E-state index contributed by atoms with van der Waals surface area (Å²) in [6.45, 7) is 1.98. The Bertz CT molecular complexity index is 547. The molecule has 0 fully saturated rings. The van der Waals surface area contributed by atoms with E-state index in [1.807, 2.05) is 6.07 Å². The van der Waals surface area contributed by atoms with Gasteiger partial charge in [0.15, 0.2) is 5.82 Å². The molecule has 88 valence electrons. The largest absolute Gasteiger partial charge is 0.508 e. The molecule has 1 heterocycles. The minimum Gasteiger partial charge on any atom is -0.508 e. The first kappa shape index (κ1) is 11.1. The number of phenols is 1. The van der Waals surface area contributed by atoms with E-state index in [1.165, 1.54) is 4.68 Å². The van der Waals surface area contributed by atoms with Crippen LogP contribution >= 0.6 is 0 Å². The van der Waals surface area contributed by atoms with Gasteiger partial charge in [0.2, 0.25) is 0 Å². The summed E-state index contributed by atoms with van der Waals surface area (Å²) in [6, 6.07) is 6.93. The summed E-state index contributed by atoms with van der Waals surface area (Å²) in [5.41, 5.74) is 0.691. The molecule has 0 aliphatic heterocycles. The number of nitrogen functional groups attached to an aromatic ring is 1. The van der Waals surface area contributed by atoms with Crippen LogP contribution in [-0.2, 0) is 6.54 Å². The van der Waals surface area contributed by atoms with Gasteiger partial charge in [0, 0.05) is 5.56 Å². The van der Waals surface area contributed by atoms with Gasteiger partial charge in [-0.2, -0.15) is 5.11 Å². The molecule has 0 amide bonds. The maximum Gasteiger partial charge on any atom is 0.287 e. The van der Waals surface area contributed by atoms with E-state index >= 15 is 0 Å². The molecule has 0 radical (unpaired) electrons. The normalized spacial score (nSPS) is 11.1. The van der Waals surface area contributed by atoms with E-state index in [0.717, 1.165) is 0 Å².